The zero-order chi connectivity index (χ0) is 42.4. The van der Waals surface area contributed by atoms with Gasteiger partial charge < -0.3 is 9.47 Å². The zero-order valence-corrected chi connectivity index (χ0v) is 35.1. The quantitative estimate of drug-likeness (QED) is 0.148. The second-order valence-corrected chi connectivity index (χ2v) is 16.5. The van der Waals surface area contributed by atoms with Gasteiger partial charge in [-0.15, -0.1) is 0 Å². The molecule has 64 heavy (non-hydrogen) atoms. The molecule has 11 aromatic carbocycles. The van der Waals surface area contributed by atoms with Crippen molar-refractivity contribution in [1.82, 2.24) is 4.57 Å². The number of nitrogens with zero attached hydrogens (tertiary/aromatic N) is 2. The molecule has 0 aliphatic rings. The summed E-state index contributed by atoms with van der Waals surface area (Å²) in [6, 6.07) is 92.6. The van der Waals surface area contributed by atoms with Gasteiger partial charge in [0.1, 0.15) is 0 Å². The average molecular weight is 815 g/mol. The Balaban J connectivity index is 0.978. The van der Waals surface area contributed by atoms with Crippen LogP contribution in [0.1, 0.15) is 0 Å². The number of para-hydroxylation sites is 2. The molecule has 12 rings (SSSR count). The smallest absolute Gasteiger partial charge is 0.0541 e. The Morgan fingerprint density at radius 2 is 0.578 bits per heavy atom. The molecule has 0 bridgehead atoms. The second kappa shape index (κ2) is 15.8. The summed E-state index contributed by atoms with van der Waals surface area (Å²) in [5, 5.41) is 7.51. The fourth-order valence-electron chi connectivity index (χ4n) is 9.86. The lowest BCUT2D eigenvalue weighted by Gasteiger charge is -2.26. The van der Waals surface area contributed by atoms with E-state index in [-0.39, 0.29) is 0 Å². The molecule has 0 saturated heterocycles. The van der Waals surface area contributed by atoms with Gasteiger partial charge in [-0.05, 0) is 127 Å². The molecule has 1 aromatic heterocycles. The third-order valence-corrected chi connectivity index (χ3v) is 12.8. The third kappa shape index (κ3) is 6.44. The van der Waals surface area contributed by atoms with Crippen molar-refractivity contribution < 1.29 is 0 Å². The number of rotatable bonds is 8. The number of benzene rings is 11. The van der Waals surface area contributed by atoms with Gasteiger partial charge >= 0.3 is 0 Å². The zero-order valence-electron chi connectivity index (χ0n) is 35.1. The first-order valence-electron chi connectivity index (χ1n) is 22.0. The first kappa shape index (κ1) is 37.3. The van der Waals surface area contributed by atoms with Crippen molar-refractivity contribution in [2.75, 3.05) is 4.90 Å². The predicted molar refractivity (Wildman–Crippen MR) is 272 cm³/mol. The molecule has 0 radical (unpaired) electrons. The highest BCUT2D eigenvalue weighted by Crippen LogP contribution is 2.42. The number of anilines is 3. The van der Waals surface area contributed by atoms with Crippen molar-refractivity contribution >= 4 is 60.4 Å². The lowest BCUT2D eigenvalue weighted by atomic mass is 9.91. The van der Waals surface area contributed by atoms with Crippen LogP contribution in [-0.4, -0.2) is 4.57 Å². The van der Waals surface area contributed by atoms with E-state index < -0.39 is 0 Å². The summed E-state index contributed by atoms with van der Waals surface area (Å²) in [5.41, 5.74) is 16.5. The van der Waals surface area contributed by atoms with E-state index in [9.17, 15) is 0 Å². The van der Waals surface area contributed by atoms with Gasteiger partial charge in [0.15, 0.2) is 0 Å². The van der Waals surface area contributed by atoms with Crippen LogP contribution in [0, 0.1) is 0 Å². The molecular weight excluding hydrogens is 773 g/mol. The maximum absolute atomic E-state index is 2.38. The lowest BCUT2D eigenvalue weighted by molar-refractivity contribution is 1.17. The minimum absolute atomic E-state index is 1.08. The minimum atomic E-state index is 1.08. The second-order valence-electron chi connectivity index (χ2n) is 16.5. The van der Waals surface area contributed by atoms with E-state index in [0.29, 0.717) is 0 Å². The summed E-state index contributed by atoms with van der Waals surface area (Å²) < 4.78 is 2.38. The minimum Gasteiger partial charge on any atom is -0.311 e. The number of hydrogen-bond donors (Lipinski definition) is 0. The molecule has 0 N–H and O–H groups in total. The summed E-state index contributed by atoms with van der Waals surface area (Å²) >= 11 is 0. The molecule has 0 unspecified atom stereocenters. The maximum atomic E-state index is 2.38. The molecule has 0 aliphatic heterocycles. The Kier molecular flexibility index (Phi) is 9.20. The SMILES string of the molecule is c1ccc(-c2cccc3cccc(-c4ccc(N(c5ccc(-c6cccc7cccc(-c8ccccc8)c67)cc5)c5ccc(-n6c7ccccc7c7ccccc76)cc5)cc4)c23)cc1. The molecule has 0 fully saturated rings. The fraction of sp³-hybridized carbons (Fsp3) is 0. The molecule has 2 nitrogen and oxygen atoms in total. The van der Waals surface area contributed by atoms with Crippen LogP contribution >= 0.6 is 0 Å². The van der Waals surface area contributed by atoms with E-state index in [2.05, 4.69) is 264 Å². The van der Waals surface area contributed by atoms with Crippen LogP contribution in [0.3, 0.4) is 0 Å². The van der Waals surface area contributed by atoms with Crippen molar-refractivity contribution in [2.24, 2.45) is 0 Å². The first-order valence-corrected chi connectivity index (χ1v) is 22.0. The molecule has 300 valence electrons. The van der Waals surface area contributed by atoms with Crippen LogP contribution < -0.4 is 4.90 Å². The summed E-state index contributed by atoms with van der Waals surface area (Å²) in [4.78, 5) is 2.38. The fourth-order valence-corrected chi connectivity index (χ4v) is 9.86. The van der Waals surface area contributed by atoms with Crippen LogP contribution in [0.25, 0.3) is 93.5 Å². The first-order chi connectivity index (χ1) is 31.8. The Morgan fingerprint density at radius 3 is 0.969 bits per heavy atom. The average Bonchev–Trinajstić information content (AvgIpc) is 3.71. The Bertz CT molecular complexity index is 3390. The van der Waals surface area contributed by atoms with E-state index in [0.717, 1.165) is 22.7 Å². The molecule has 0 saturated carbocycles. The Labute approximate surface area is 373 Å². The van der Waals surface area contributed by atoms with Gasteiger partial charge in [-0.2, -0.15) is 0 Å². The summed E-state index contributed by atoms with van der Waals surface area (Å²) in [6.07, 6.45) is 0. The molecule has 12 aromatic rings. The molecule has 2 heteroatoms. The van der Waals surface area contributed by atoms with Crippen molar-refractivity contribution in [2.45, 2.75) is 0 Å². The van der Waals surface area contributed by atoms with Gasteiger partial charge in [0, 0.05) is 33.5 Å². The molecule has 0 amide bonds. The van der Waals surface area contributed by atoms with E-state index in [1.54, 1.807) is 0 Å². The lowest BCUT2D eigenvalue weighted by Crippen LogP contribution is -2.10. The van der Waals surface area contributed by atoms with Crippen molar-refractivity contribution in [1.29, 1.82) is 0 Å². The normalized spacial score (nSPS) is 11.4. The van der Waals surface area contributed by atoms with Gasteiger partial charge in [-0.1, -0.05) is 194 Å². The van der Waals surface area contributed by atoms with Gasteiger partial charge in [0.25, 0.3) is 0 Å². The van der Waals surface area contributed by atoms with Gasteiger partial charge in [0.05, 0.1) is 11.0 Å². The maximum Gasteiger partial charge on any atom is 0.0541 e. The Morgan fingerprint density at radius 1 is 0.250 bits per heavy atom. The third-order valence-electron chi connectivity index (χ3n) is 12.8. The molecule has 0 aliphatic carbocycles. The highest BCUT2D eigenvalue weighted by molar-refractivity contribution is 6.10. The standard InChI is InChI=1S/C62H42N2/c1-3-15-43(16-4-1)53-25-11-19-47-21-13-27-55(61(47)53)45-31-35-49(36-32-45)63(51-39-41-52(42-40-51)64-59-29-9-7-23-57(59)58-24-8-10-30-60(58)64)50-37-33-46(34-38-50)56-28-14-22-48-20-12-26-54(62(48)56)44-17-5-2-6-18-44/h1-42H. The monoisotopic (exact) mass is 814 g/mol. The van der Waals surface area contributed by atoms with Gasteiger partial charge in [0.2, 0.25) is 0 Å². The van der Waals surface area contributed by atoms with Crippen LogP contribution in [-0.2, 0) is 0 Å². The van der Waals surface area contributed by atoms with E-state index in [1.807, 2.05) is 0 Å². The molecular formula is C62H42N2. The van der Waals surface area contributed by atoms with Crippen molar-refractivity contribution in [3.8, 4) is 50.2 Å². The number of hydrogen-bond acceptors (Lipinski definition) is 1. The molecule has 0 spiro atoms. The van der Waals surface area contributed by atoms with Crippen molar-refractivity contribution in [3.05, 3.63) is 255 Å². The molecule has 0 atom stereocenters. The van der Waals surface area contributed by atoms with Crippen molar-refractivity contribution in [3.63, 3.8) is 0 Å². The van der Waals surface area contributed by atoms with Crippen LogP contribution in [0.15, 0.2) is 255 Å². The molecule has 1 heterocycles. The van der Waals surface area contributed by atoms with Crippen LogP contribution in [0.2, 0.25) is 0 Å². The predicted octanol–water partition coefficient (Wildman–Crippen LogP) is 17.2. The topological polar surface area (TPSA) is 8.17 Å². The van der Waals surface area contributed by atoms with E-state index in [1.165, 1.54) is 87.9 Å². The summed E-state index contributed by atoms with van der Waals surface area (Å²) in [6.45, 7) is 0. The highest BCUT2D eigenvalue weighted by atomic mass is 15.1. The van der Waals surface area contributed by atoms with Gasteiger partial charge in [-0.25, -0.2) is 0 Å². The summed E-state index contributed by atoms with van der Waals surface area (Å²) in [5.74, 6) is 0. The number of fused-ring (bicyclic) bond motifs is 5. The largest absolute Gasteiger partial charge is 0.311 e. The van der Waals surface area contributed by atoms with E-state index in [4.69, 9.17) is 0 Å². The summed E-state index contributed by atoms with van der Waals surface area (Å²) in [7, 11) is 0. The number of aromatic nitrogens is 1. The van der Waals surface area contributed by atoms with Crippen LogP contribution in [0.5, 0.6) is 0 Å². The van der Waals surface area contributed by atoms with E-state index >= 15 is 0 Å². The Hall–Kier alpha value is -8.46. The van der Waals surface area contributed by atoms with Crippen LogP contribution in [0.4, 0.5) is 17.1 Å². The van der Waals surface area contributed by atoms with Gasteiger partial charge in [-0.3, -0.25) is 0 Å². The highest BCUT2D eigenvalue weighted by Gasteiger charge is 2.18.